The van der Waals surface area contributed by atoms with Gasteiger partial charge in [0, 0.05) is 18.6 Å². The van der Waals surface area contributed by atoms with E-state index >= 15 is 0 Å². The van der Waals surface area contributed by atoms with Crippen molar-refractivity contribution >= 4 is 18.2 Å². The summed E-state index contributed by atoms with van der Waals surface area (Å²) in [6.45, 7) is 17.5. The van der Waals surface area contributed by atoms with E-state index in [0.29, 0.717) is 6.04 Å². The number of aryl methyl sites for hydroxylation is 3. The summed E-state index contributed by atoms with van der Waals surface area (Å²) in [5, 5.41) is 11.2. The topological polar surface area (TPSA) is 99.3 Å². The van der Waals surface area contributed by atoms with Crippen LogP contribution in [0.15, 0.2) is 48.5 Å². The Morgan fingerprint density at radius 3 is 1.98 bits per heavy atom. The lowest BCUT2D eigenvalue weighted by atomic mass is 9.99. The molecule has 0 aliphatic rings. The fourth-order valence-corrected chi connectivity index (χ4v) is 3.84. The molecule has 8 heteroatoms. The van der Waals surface area contributed by atoms with Gasteiger partial charge in [-0.1, -0.05) is 90.3 Å². The van der Waals surface area contributed by atoms with Crippen LogP contribution in [0.4, 0.5) is 4.39 Å². The zero-order chi connectivity index (χ0) is 33.6. The SMILES string of the molecule is CCC.CCCC(C)NC(=O)CNC(=O)CN[C@@H](C)CC.CCCc1ccccc1CCCNC=O.Cc1cccc(F)c1. The van der Waals surface area contributed by atoms with Crippen LogP contribution < -0.4 is 21.3 Å². The smallest absolute Gasteiger partial charge is 0.239 e. The van der Waals surface area contributed by atoms with Crippen molar-refractivity contribution in [2.45, 2.75) is 119 Å². The Labute approximate surface area is 267 Å². The van der Waals surface area contributed by atoms with E-state index in [-0.39, 0.29) is 36.8 Å². The van der Waals surface area contributed by atoms with Gasteiger partial charge in [-0.2, -0.15) is 0 Å². The standard InChI is InChI=1S/C13H27N3O2.C13H19NO.C7H7F.C3H8/c1-5-7-11(4)16-13(18)9-15-12(17)8-14-10(3)6-2;1-2-6-12-7-3-4-8-13(12)9-5-10-14-11-15;1-6-3-2-4-7(8)5-6;1-3-2/h10-11,14H,5-9H2,1-4H3,(H,15,17)(H,16,18);3-4,7-8,11H,2,5-6,9-10H2,1H3,(H,14,15);2-5H,1H3;3H2,1-2H3/t10-,11?;;;/m0.../s1. The lowest BCUT2D eigenvalue weighted by Crippen LogP contribution is -2.44. The molecule has 0 spiro atoms. The first-order valence-corrected chi connectivity index (χ1v) is 16.3. The molecule has 44 heavy (non-hydrogen) atoms. The molecule has 2 aromatic carbocycles. The average Bonchev–Trinajstić information content (AvgIpc) is 2.99. The predicted octanol–water partition coefficient (Wildman–Crippen LogP) is 6.66. The molecule has 2 aromatic rings. The largest absolute Gasteiger partial charge is 0.359 e. The van der Waals surface area contributed by atoms with Crippen LogP contribution in [0.2, 0.25) is 0 Å². The van der Waals surface area contributed by atoms with Crippen molar-refractivity contribution in [3.05, 3.63) is 71.0 Å². The van der Waals surface area contributed by atoms with Gasteiger partial charge in [-0.05, 0) is 81.7 Å². The molecule has 0 aliphatic heterocycles. The Balaban J connectivity index is 0. The van der Waals surface area contributed by atoms with Gasteiger partial charge in [-0.15, -0.1) is 0 Å². The monoisotopic (exact) mass is 616 g/mol. The highest BCUT2D eigenvalue weighted by molar-refractivity contribution is 5.85. The minimum absolute atomic E-state index is 0.0507. The van der Waals surface area contributed by atoms with E-state index in [0.717, 1.165) is 57.0 Å². The fourth-order valence-electron chi connectivity index (χ4n) is 3.84. The number of benzene rings is 2. The van der Waals surface area contributed by atoms with E-state index in [4.69, 9.17) is 0 Å². The molecule has 0 fully saturated rings. The molecular formula is C36H61FN4O3. The maximum atomic E-state index is 12.2. The first-order chi connectivity index (χ1) is 21.1. The summed E-state index contributed by atoms with van der Waals surface area (Å²) in [6, 6.07) is 15.5. The molecule has 0 radical (unpaired) electrons. The minimum Gasteiger partial charge on any atom is -0.359 e. The summed E-state index contributed by atoms with van der Waals surface area (Å²) in [7, 11) is 0. The quantitative estimate of drug-likeness (QED) is 0.125. The van der Waals surface area contributed by atoms with E-state index in [2.05, 4.69) is 80.2 Å². The lowest BCUT2D eigenvalue weighted by Gasteiger charge is -2.14. The minimum atomic E-state index is -0.162. The molecule has 0 saturated carbocycles. The molecule has 0 saturated heterocycles. The first kappa shape index (κ1) is 42.9. The molecular weight excluding hydrogens is 555 g/mol. The Morgan fingerprint density at radius 2 is 1.48 bits per heavy atom. The second kappa shape index (κ2) is 29.8. The van der Waals surface area contributed by atoms with E-state index in [1.807, 2.05) is 26.8 Å². The van der Waals surface area contributed by atoms with Crippen LogP contribution in [0.1, 0.15) is 104 Å². The number of amides is 3. The number of carbonyl (C=O) groups is 3. The molecule has 1 unspecified atom stereocenters. The van der Waals surface area contributed by atoms with Crippen LogP contribution in [0.5, 0.6) is 0 Å². The van der Waals surface area contributed by atoms with E-state index < -0.39 is 0 Å². The maximum Gasteiger partial charge on any atom is 0.239 e. The van der Waals surface area contributed by atoms with Gasteiger partial charge in [0.1, 0.15) is 5.82 Å². The van der Waals surface area contributed by atoms with E-state index in [9.17, 15) is 18.8 Å². The Hall–Kier alpha value is -3.26. The summed E-state index contributed by atoms with van der Waals surface area (Å²) < 4.78 is 12.2. The summed E-state index contributed by atoms with van der Waals surface area (Å²) in [5.41, 5.74) is 3.84. The predicted molar refractivity (Wildman–Crippen MR) is 183 cm³/mol. The van der Waals surface area contributed by atoms with Crippen LogP contribution in [0.25, 0.3) is 0 Å². The van der Waals surface area contributed by atoms with Gasteiger partial charge in [-0.3, -0.25) is 14.4 Å². The maximum absolute atomic E-state index is 12.2. The van der Waals surface area contributed by atoms with Crippen LogP contribution in [0, 0.1) is 12.7 Å². The molecule has 2 atom stereocenters. The van der Waals surface area contributed by atoms with Gasteiger partial charge in [0.2, 0.25) is 18.2 Å². The van der Waals surface area contributed by atoms with Crippen LogP contribution >= 0.6 is 0 Å². The number of halogens is 1. The summed E-state index contributed by atoms with van der Waals surface area (Å²) in [5.74, 6) is -0.438. The second-order valence-electron chi connectivity index (χ2n) is 10.9. The average molecular weight is 617 g/mol. The normalized spacial score (nSPS) is 11.1. The van der Waals surface area contributed by atoms with E-state index in [1.165, 1.54) is 36.1 Å². The highest BCUT2D eigenvalue weighted by Gasteiger charge is 2.09. The molecule has 2 rings (SSSR count). The Bertz CT molecular complexity index is 986. The molecule has 0 aromatic heterocycles. The zero-order valence-electron chi connectivity index (χ0n) is 28.7. The number of nitrogens with one attached hydrogen (secondary N) is 4. The van der Waals surface area contributed by atoms with Crippen LogP contribution in [-0.2, 0) is 27.2 Å². The number of carbonyl (C=O) groups excluding carboxylic acids is 3. The van der Waals surface area contributed by atoms with Crippen molar-refractivity contribution in [1.29, 1.82) is 0 Å². The van der Waals surface area contributed by atoms with Gasteiger partial charge in [-0.25, -0.2) is 4.39 Å². The highest BCUT2D eigenvalue weighted by Crippen LogP contribution is 2.12. The van der Waals surface area contributed by atoms with Gasteiger partial charge in [0.25, 0.3) is 0 Å². The van der Waals surface area contributed by atoms with Crippen molar-refractivity contribution in [3.8, 4) is 0 Å². The molecule has 0 aliphatic carbocycles. The third kappa shape index (κ3) is 26.4. The summed E-state index contributed by atoms with van der Waals surface area (Å²) in [4.78, 5) is 33.0. The third-order valence-electron chi connectivity index (χ3n) is 6.27. The van der Waals surface area contributed by atoms with Crippen LogP contribution in [0.3, 0.4) is 0 Å². The lowest BCUT2D eigenvalue weighted by molar-refractivity contribution is -0.126. The summed E-state index contributed by atoms with van der Waals surface area (Å²) >= 11 is 0. The number of rotatable bonds is 16. The van der Waals surface area contributed by atoms with Crippen molar-refractivity contribution in [2.24, 2.45) is 0 Å². The molecule has 0 heterocycles. The molecule has 3 amide bonds. The second-order valence-corrected chi connectivity index (χ2v) is 10.9. The van der Waals surface area contributed by atoms with Crippen molar-refractivity contribution in [3.63, 3.8) is 0 Å². The van der Waals surface area contributed by atoms with Crippen molar-refractivity contribution in [1.82, 2.24) is 21.3 Å². The molecule has 250 valence electrons. The van der Waals surface area contributed by atoms with E-state index in [1.54, 1.807) is 6.07 Å². The van der Waals surface area contributed by atoms with Crippen molar-refractivity contribution in [2.75, 3.05) is 19.6 Å². The zero-order valence-corrected chi connectivity index (χ0v) is 28.7. The fraction of sp³-hybridized carbons (Fsp3) is 0.583. The molecule has 0 bridgehead atoms. The van der Waals surface area contributed by atoms with Crippen molar-refractivity contribution < 1.29 is 18.8 Å². The molecule has 7 nitrogen and oxygen atoms in total. The Kier molecular flexibility index (Phi) is 29.0. The van der Waals surface area contributed by atoms with Gasteiger partial charge < -0.3 is 21.3 Å². The van der Waals surface area contributed by atoms with Crippen LogP contribution in [-0.4, -0.2) is 49.9 Å². The Morgan fingerprint density at radius 1 is 0.841 bits per heavy atom. The highest BCUT2D eigenvalue weighted by atomic mass is 19.1. The summed E-state index contributed by atoms with van der Waals surface area (Å²) in [6.07, 6.45) is 9.37. The molecule has 4 N–H and O–H groups in total. The van der Waals surface area contributed by atoms with Gasteiger partial charge >= 0.3 is 0 Å². The first-order valence-electron chi connectivity index (χ1n) is 16.3. The number of hydrogen-bond donors (Lipinski definition) is 4. The van der Waals surface area contributed by atoms with Gasteiger partial charge in [0.05, 0.1) is 13.1 Å². The van der Waals surface area contributed by atoms with Gasteiger partial charge in [0.15, 0.2) is 0 Å². The number of hydrogen-bond acceptors (Lipinski definition) is 4. The third-order valence-corrected chi connectivity index (χ3v) is 6.27.